The van der Waals surface area contributed by atoms with Gasteiger partial charge in [0.2, 0.25) is 17.4 Å². The van der Waals surface area contributed by atoms with Gasteiger partial charge in [-0.15, -0.1) is 4.73 Å². The van der Waals surface area contributed by atoms with E-state index in [0.717, 1.165) is 24.3 Å². The third kappa shape index (κ3) is 15.5. The van der Waals surface area contributed by atoms with E-state index in [2.05, 4.69) is 0 Å². The molecule has 2 aliphatic heterocycles. The van der Waals surface area contributed by atoms with Gasteiger partial charge in [0.25, 0.3) is 50.6 Å². The first-order valence-corrected chi connectivity index (χ1v) is 33.2. The number of carbonyl (C=O) groups is 1. The number of methoxy groups -OCH3 is 1. The van der Waals surface area contributed by atoms with Gasteiger partial charge in [-0.2, -0.15) is 46.7 Å². The largest absolute Gasteiger partial charge is 0.492 e. The van der Waals surface area contributed by atoms with E-state index in [4.69, 9.17) is 28.5 Å². The molecule has 1 atom stereocenters. The van der Waals surface area contributed by atoms with Gasteiger partial charge in [-0.05, 0) is 92.4 Å². The number of fused-ring (bicyclic) bond motifs is 6. The predicted octanol–water partition coefficient (Wildman–Crippen LogP) is 4.77. The summed E-state index contributed by atoms with van der Waals surface area (Å²) in [7, 11) is -23.3. The summed E-state index contributed by atoms with van der Waals surface area (Å²) in [5.74, 6) is -2.34. The molecule has 1 unspecified atom stereocenters. The minimum Gasteiger partial charge on any atom is -0.492 e. The van der Waals surface area contributed by atoms with E-state index >= 15 is 0 Å². The normalized spacial score (nSPS) is 17.1. The van der Waals surface area contributed by atoms with Crippen LogP contribution >= 0.6 is 0 Å². The highest BCUT2D eigenvalue weighted by atomic mass is 32.2. The van der Waals surface area contributed by atoms with Crippen LogP contribution in [0.1, 0.15) is 51.2 Å². The van der Waals surface area contributed by atoms with Crippen molar-refractivity contribution in [3.8, 4) is 11.8 Å². The van der Waals surface area contributed by atoms with E-state index in [0.29, 0.717) is 50.8 Å². The summed E-state index contributed by atoms with van der Waals surface area (Å²) in [5.41, 5.74) is 0.316. The van der Waals surface area contributed by atoms with Crippen molar-refractivity contribution in [2.24, 2.45) is 0 Å². The Balaban J connectivity index is 1.15. The average Bonchev–Trinajstić information content (AvgIpc) is 1.65. The van der Waals surface area contributed by atoms with Gasteiger partial charge in [-0.25, -0.2) is 4.79 Å². The lowest BCUT2D eigenvalue weighted by atomic mass is 9.75. The standard InChI is InChI=1S/C53H63N3O24S5/c1-52(2)45(9-6-5-7-10-46-53(3,18-8-30-81(60,61)62)51-40-32-36(83(66,67)68)34-44(85(72,73)74)38(40)12-14-42(51)55(46)19-22-75-4)54(41-13-11-37-39(50(41)52)31-35(82(63,64)65)33-43(37)84(69,70)71)20-23-77-25-27-79-29-28-78-26-24-76-21-17-49(59)80-56-47(57)15-16-48(56)58/h5-7,9-16,31-34H,8,17-30H2,1-4H3,(H6-,57,58,60,61,62,63,64,65,66,67,68,69,70,71,72,73,74)/p+1. The van der Waals surface area contributed by atoms with Gasteiger partial charge in [-0.1, -0.05) is 24.3 Å². The van der Waals surface area contributed by atoms with Crippen molar-refractivity contribution in [1.29, 1.82) is 0 Å². The molecule has 464 valence electrons. The number of nitrogens with zero attached hydrogens (tertiary/aromatic N) is 3. The summed E-state index contributed by atoms with van der Waals surface area (Å²) in [6.45, 7) is 6.83. The van der Waals surface area contributed by atoms with E-state index in [1.54, 1.807) is 68.2 Å². The fourth-order valence-corrected chi connectivity index (χ4v) is 13.6. The van der Waals surface area contributed by atoms with Crippen LogP contribution in [-0.2, 0) is 89.9 Å². The van der Waals surface area contributed by atoms with Crippen LogP contribution in [0.15, 0.2) is 116 Å². The van der Waals surface area contributed by atoms with Crippen LogP contribution < -0.4 is 9.74 Å². The summed E-state index contributed by atoms with van der Waals surface area (Å²) < 4.78 is 206. The number of anilines is 1. The van der Waals surface area contributed by atoms with E-state index in [1.165, 1.54) is 19.2 Å². The Bertz CT molecular complexity index is 4080. The summed E-state index contributed by atoms with van der Waals surface area (Å²) in [4.78, 5) is 15.4. The maximum absolute atomic E-state index is 12.7. The van der Waals surface area contributed by atoms with Crippen LogP contribution in [-0.4, -0.2) is 181 Å². The van der Waals surface area contributed by atoms with Crippen molar-refractivity contribution >= 4 is 95.2 Å². The first-order valence-electron chi connectivity index (χ1n) is 25.9. The average molecular weight is 1290 g/mol. The number of aromatic nitrogens is 1. The van der Waals surface area contributed by atoms with Gasteiger partial charge in [0.1, 0.15) is 16.4 Å². The lowest BCUT2D eigenvalue weighted by Crippen LogP contribution is -2.31. The predicted molar refractivity (Wildman–Crippen MR) is 306 cm³/mol. The van der Waals surface area contributed by atoms with Gasteiger partial charge in [0, 0.05) is 71.1 Å². The molecule has 0 fully saturated rings. The van der Waals surface area contributed by atoms with Crippen LogP contribution in [0.2, 0.25) is 0 Å². The quantitative estimate of drug-likeness (QED) is 0.0141. The van der Waals surface area contributed by atoms with Crippen LogP contribution in [0.3, 0.4) is 0 Å². The number of benzene rings is 4. The molecule has 1 aromatic heterocycles. The zero-order valence-corrected chi connectivity index (χ0v) is 50.3. The first-order chi connectivity index (χ1) is 39.7. The second kappa shape index (κ2) is 26.4. The maximum atomic E-state index is 12.7. The van der Waals surface area contributed by atoms with Gasteiger partial charge < -0.3 is 43.6 Å². The molecule has 0 saturated carbocycles. The number of hydrogen-bond donors (Lipinski definition) is 7. The molecule has 0 spiro atoms. The van der Waals surface area contributed by atoms with Gasteiger partial charge in [0.15, 0.2) is 12.3 Å². The van der Waals surface area contributed by atoms with Crippen molar-refractivity contribution < 1.29 is 113 Å². The molecule has 32 heteroatoms. The first kappa shape index (κ1) is 66.3. The molecule has 0 aliphatic carbocycles. The van der Waals surface area contributed by atoms with E-state index < -0.39 is 104 Å². The molecule has 0 amide bonds. The summed E-state index contributed by atoms with van der Waals surface area (Å²) >= 11 is 0. The molecule has 7 N–H and O–H groups in total. The second-order valence-electron chi connectivity index (χ2n) is 20.2. The molecule has 0 saturated heterocycles. The Morgan fingerprint density at radius 3 is 1.64 bits per heavy atom. The monoisotopic (exact) mass is 1290 g/mol. The second-order valence-corrected chi connectivity index (χ2v) is 27.4. The lowest BCUT2D eigenvalue weighted by Gasteiger charge is -2.30. The van der Waals surface area contributed by atoms with E-state index in [-0.39, 0.29) is 113 Å². The zero-order valence-electron chi connectivity index (χ0n) is 46.2. The number of aromatic hydroxyl groups is 2. The maximum Gasteiger partial charge on any atom is 0.335 e. The highest BCUT2D eigenvalue weighted by Crippen LogP contribution is 2.54. The van der Waals surface area contributed by atoms with Crippen LogP contribution in [0.4, 0.5) is 11.4 Å². The molecule has 2 aliphatic rings. The van der Waals surface area contributed by atoms with Gasteiger partial charge >= 0.3 is 5.97 Å². The van der Waals surface area contributed by atoms with Crippen molar-refractivity contribution in [3.05, 3.63) is 108 Å². The Labute approximate surface area is 490 Å². The van der Waals surface area contributed by atoms with Gasteiger partial charge in [-0.3, -0.25) is 22.8 Å². The number of allylic oxidation sites excluding steroid dienone is 6. The number of carbonyl (C=O) groups excluding carboxylic acids is 1. The van der Waals surface area contributed by atoms with Gasteiger partial charge in [0.05, 0.1) is 80.2 Å². The van der Waals surface area contributed by atoms with Crippen molar-refractivity contribution in [2.45, 2.75) is 70.4 Å². The molecule has 3 heterocycles. The Morgan fingerprint density at radius 2 is 1.12 bits per heavy atom. The van der Waals surface area contributed by atoms with Crippen LogP contribution in [0.5, 0.6) is 11.8 Å². The zero-order chi connectivity index (χ0) is 62.5. The minimum absolute atomic E-state index is 0.00824. The molecule has 4 aromatic carbocycles. The molecular formula is C53H64N3O24S5+. The number of rotatable bonds is 30. The fourth-order valence-electron chi connectivity index (χ4n) is 10.5. The Morgan fingerprint density at radius 1 is 0.600 bits per heavy atom. The SMILES string of the molecule is COCCN1C(=CC=CC=CC2=[N+](CCOCCOCCOCCOCCC(=O)On3c(O)ccc3O)c3ccc4c(S(=O)(=O)O)cc(S(=O)(=O)O)cc4c3C2(C)C)C(C)(CCCS(=O)(=O)O)c2c1ccc1c(S(=O)(=O)O)cc(S(=O)(=O)O)cc21. The Kier molecular flexibility index (Phi) is 20.6. The molecule has 5 aromatic rings. The highest BCUT2D eigenvalue weighted by molar-refractivity contribution is 7.87. The smallest absolute Gasteiger partial charge is 0.335 e. The molecule has 27 nitrogen and oxygen atoms in total. The lowest BCUT2D eigenvalue weighted by molar-refractivity contribution is -0.442. The Hall–Kier alpha value is -6.21. The number of ether oxygens (including phenoxy) is 5. The fraction of sp³-hybridized carbons (Fsp3) is 0.396. The third-order valence-electron chi connectivity index (χ3n) is 14.1. The van der Waals surface area contributed by atoms with Crippen molar-refractivity contribution in [2.75, 3.05) is 90.3 Å². The third-order valence-corrected chi connectivity index (χ3v) is 18.4. The van der Waals surface area contributed by atoms with E-state index in [1.807, 2.05) is 4.58 Å². The summed E-state index contributed by atoms with van der Waals surface area (Å²) in [6.07, 6.45) is 8.01. The highest BCUT2D eigenvalue weighted by Gasteiger charge is 2.47. The minimum atomic E-state index is -5.12. The van der Waals surface area contributed by atoms with E-state index in [9.17, 15) is 79.9 Å². The molecule has 0 radical (unpaired) electrons. The van der Waals surface area contributed by atoms with Crippen LogP contribution in [0, 0.1) is 0 Å². The van der Waals surface area contributed by atoms with Crippen molar-refractivity contribution in [1.82, 2.24) is 4.73 Å². The molecule has 7 rings (SSSR count). The molecular weight excluding hydrogens is 1220 g/mol. The molecule has 0 bridgehead atoms. The van der Waals surface area contributed by atoms with Crippen molar-refractivity contribution in [3.63, 3.8) is 0 Å². The van der Waals surface area contributed by atoms with Crippen LogP contribution in [0.25, 0.3) is 21.5 Å². The summed E-state index contributed by atoms with van der Waals surface area (Å²) in [6, 6.07) is 11.6. The number of hydrogen-bond acceptors (Lipinski definition) is 20. The topological polar surface area (TPSA) is 396 Å². The molecule has 85 heavy (non-hydrogen) atoms. The summed E-state index contributed by atoms with van der Waals surface area (Å²) in [5, 5.41) is 19.1.